The van der Waals surface area contributed by atoms with Crippen LogP contribution in [0.5, 0.6) is 0 Å². The summed E-state index contributed by atoms with van der Waals surface area (Å²) in [5, 5.41) is 0. The lowest BCUT2D eigenvalue weighted by atomic mass is 10.5. The molecule has 3 nitrogen and oxygen atoms in total. The van der Waals surface area contributed by atoms with Gasteiger partial charge in [0.1, 0.15) is 10.3 Å². The number of aryl methyl sites for hydroxylation is 1. The number of hydrogen-bond donors (Lipinski definition) is 0. The second kappa shape index (κ2) is 3.67. The van der Waals surface area contributed by atoms with Gasteiger partial charge in [-0.15, -0.1) is 6.58 Å². The second-order valence-electron chi connectivity index (χ2n) is 2.36. The molecule has 0 N–H and O–H groups in total. The molecule has 0 atom stereocenters. The maximum absolute atomic E-state index is 11.4. The Morgan fingerprint density at radius 1 is 1.83 bits per heavy atom. The van der Waals surface area contributed by atoms with E-state index < -0.39 is 0 Å². The average Bonchev–Trinajstić information content (AvgIpc) is 2.06. The van der Waals surface area contributed by atoms with Gasteiger partial charge >= 0.3 is 0 Å². The van der Waals surface area contributed by atoms with Crippen LogP contribution in [0.4, 0.5) is 0 Å². The van der Waals surface area contributed by atoms with E-state index in [4.69, 9.17) is 0 Å². The molecule has 4 heteroatoms. The molecule has 0 spiro atoms. The highest BCUT2D eigenvalue weighted by Gasteiger charge is 2.02. The molecule has 0 aliphatic heterocycles. The minimum Gasteiger partial charge on any atom is -0.292 e. The molecule has 0 amide bonds. The Bertz CT molecular complexity index is 357. The minimum absolute atomic E-state index is 0.0672. The Hall–Kier alpha value is -0.900. The lowest BCUT2D eigenvalue weighted by Gasteiger charge is -2.05. The van der Waals surface area contributed by atoms with Crippen molar-refractivity contribution < 1.29 is 0 Å². The highest BCUT2D eigenvalue weighted by Crippen LogP contribution is 2.00. The highest BCUT2D eigenvalue weighted by molar-refractivity contribution is 9.10. The summed E-state index contributed by atoms with van der Waals surface area (Å²) in [5.41, 5.74) is -0.0672. The van der Waals surface area contributed by atoms with Gasteiger partial charge in [0.15, 0.2) is 0 Å². The molecule has 1 heterocycles. The van der Waals surface area contributed by atoms with Crippen LogP contribution < -0.4 is 5.56 Å². The van der Waals surface area contributed by atoms with Gasteiger partial charge in [-0.05, 0) is 22.9 Å². The molecule has 0 aliphatic carbocycles. The topological polar surface area (TPSA) is 34.9 Å². The Labute approximate surface area is 78.9 Å². The summed E-state index contributed by atoms with van der Waals surface area (Å²) in [6, 6.07) is 0. The maximum Gasteiger partial charge on any atom is 0.268 e. The van der Waals surface area contributed by atoms with Crippen molar-refractivity contribution in [1.29, 1.82) is 0 Å². The standard InChI is InChI=1S/C8H9BrN2O/c1-3-4-11-6(2)10-5-7(9)8(11)12/h3,5H,1,4H2,2H3. The zero-order chi connectivity index (χ0) is 9.14. The fourth-order valence-corrected chi connectivity index (χ4v) is 1.21. The Morgan fingerprint density at radius 3 is 3.08 bits per heavy atom. The third-order valence-electron chi connectivity index (χ3n) is 1.52. The van der Waals surface area contributed by atoms with Gasteiger partial charge in [-0.1, -0.05) is 6.08 Å². The van der Waals surface area contributed by atoms with Crippen molar-refractivity contribution in [2.45, 2.75) is 13.5 Å². The van der Waals surface area contributed by atoms with E-state index >= 15 is 0 Å². The maximum atomic E-state index is 11.4. The van der Waals surface area contributed by atoms with Gasteiger partial charge < -0.3 is 0 Å². The van der Waals surface area contributed by atoms with Crippen LogP contribution >= 0.6 is 15.9 Å². The molecule has 0 fully saturated rings. The summed E-state index contributed by atoms with van der Waals surface area (Å²) in [6.07, 6.45) is 3.18. The van der Waals surface area contributed by atoms with Crippen molar-refractivity contribution in [3.8, 4) is 0 Å². The summed E-state index contributed by atoms with van der Waals surface area (Å²) in [7, 11) is 0. The average molecular weight is 229 g/mol. The van der Waals surface area contributed by atoms with Gasteiger partial charge in [-0.3, -0.25) is 9.36 Å². The summed E-state index contributed by atoms with van der Waals surface area (Å²) in [5.74, 6) is 0.697. The molecule has 0 saturated heterocycles. The Morgan fingerprint density at radius 2 is 2.50 bits per heavy atom. The van der Waals surface area contributed by atoms with Gasteiger partial charge in [0.05, 0.1) is 0 Å². The van der Waals surface area contributed by atoms with Crippen LogP contribution in [0.25, 0.3) is 0 Å². The van der Waals surface area contributed by atoms with Crippen molar-refractivity contribution >= 4 is 15.9 Å². The van der Waals surface area contributed by atoms with Crippen molar-refractivity contribution in [3.63, 3.8) is 0 Å². The van der Waals surface area contributed by atoms with Crippen molar-refractivity contribution in [2.75, 3.05) is 0 Å². The number of allylic oxidation sites excluding steroid dienone is 1. The van der Waals surface area contributed by atoms with E-state index in [1.54, 1.807) is 17.6 Å². The van der Waals surface area contributed by atoms with Crippen LogP contribution in [0.15, 0.2) is 28.1 Å². The predicted octanol–water partition coefficient (Wildman–Crippen LogP) is 1.50. The normalized spacial score (nSPS) is 9.83. The lowest BCUT2D eigenvalue weighted by molar-refractivity contribution is 0.710. The molecule has 12 heavy (non-hydrogen) atoms. The molecular weight excluding hydrogens is 220 g/mol. The van der Waals surface area contributed by atoms with Crippen molar-refractivity contribution in [1.82, 2.24) is 9.55 Å². The molecule has 0 aliphatic rings. The van der Waals surface area contributed by atoms with E-state index in [-0.39, 0.29) is 5.56 Å². The number of aromatic nitrogens is 2. The molecule has 0 aromatic carbocycles. The van der Waals surface area contributed by atoms with Crippen LogP contribution in [0.2, 0.25) is 0 Å². The molecule has 0 saturated carbocycles. The molecule has 1 aromatic heterocycles. The third kappa shape index (κ3) is 1.64. The van der Waals surface area contributed by atoms with Gasteiger partial charge in [0.2, 0.25) is 0 Å². The number of halogens is 1. The molecule has 1 aromatic rings. The Balaban J connectivity index is 3.32. The predicted molar refractivity (Wildman–Crippen MR) is 51.1 cm³/mol. The minimum atomic E-state index is -0.0672. The lowest BCUT2D eigenvalue weighted by Crippen LogP contribution is -2.23. The molecule has 0 radical (unpaired) electrons. The fraction of sp³-hybridized carbons (Fsp3) is 0.250. The van der Waals surface area contributed by atoms with Crippen LogP contribution in [0, 0.1) is 6.92 Å². The Kier molecular flexibility index (Phi) is 2.81. The second-order valence-corrected chi connectivity index (χ2v) is 3.21. The van der Waals surface area contributed by atoms with E-state index in [2.05, 4.69) is 27.5 Å². The highest BCUT2D eigenvalue weighted by atomic mass is 79.9. The van der Waals surface area contributed by atoms with E-state index in [9.17, 15) is 4.79 Å². The molecule has 1 rings (SSSR count). The molecule has 0 bridgehead atoms. The van der Waals surface area contributed by atoms with Crippen LogP contribution in [-0.2, 0) is 6.54 Å². The molecule has 0 unspecified atom stereocenters. The summed E-state index contributed by atoms with van der Waals surface area (Å²) in [6.45, 7) is 5.85. The quantitative estimate of drug-likeness (QED) is 0.720. The van der Waals surface area contributed by atoms with Gasteiger partial charge in [0, 0.05) is 12.7 Å². The van der Waals surface area contributed by atoms with Crippen LogP contribution in [-0.4, -0.2) is 9.55 Å². The largest absolute Gasteiger partial charge is 0.292 e. The molecule has 64 valence electrons. The first-order valence-corrected chi connectivity index (χ1v) is 4.29. The summed E-state index contributed by atoms with van der Waals surface area (Å²) >= 11 is 3.12. The fourth-order valence-electron chi connectivity index (χ4n) is 0.895. The summed E-state index contributed by atoms with van der Waals surface area (Å²) in [4.78, 5) is 15.4. The van der Waals surface area contributed by atoms with E-state index in [1.165, 1.54) is 6.20 Å². The van der Waals surface area contributed by atoms with Gasteiger partial charge in [-0.2, -0.15) is 0 Å². The monoisotopic (exact) mass is 228 g/mol. The van der Waals surface area contributed by atoms with E-state index in [0.717, 1.165) is 0 Å². The zero-order valence-electron chi connectivity index (χ0n) is 6.75. The first kappa shape index (κ1) is 9.19. The third-order valence-corrected chi connectivity index (χ3v) is 2.06. The van der Waals surface area contributed by atoms with Gasteiger partial charge in [0.25, 0.3) is 5.56 Å². The molecular formula is C8H9BrN2O. The smallest absolute Gasteiger partial charge is 0.268 e. The van der Waals surface area contributed by atoms with Crippen molar-refractivity contribution in [3.05, 3.63) is 39.5 Å². The first-order valence-electron chi connectivity index (χ1n) is 3.49. The summed E-state index contributed by atoms with van der Waals surface area (Å²) < 4.78 is 2.03. The SMILES string of the molecule is C=CCn1c(C)ncc(Br)c1=O. The van der Waals surface area contributed by atoms with E-state index in [1.807, 2.05) is 0 Å². The van der Waals surface area contributed by atoms with Crippen LogP contribution in [0.1, 0.15) is 5.82 Å². The van der Waals surface area contributed by atoms with Crippen molar-refractivity contribution in [2.24, 2.45) is 0 Å². The number of nitrogens with zero attached hydrogens (tertiary/aromatic N) is 2. The zero-order valence-corrected chi connectivity index (χ0v) is 8.34. The van der Waals surface area contributed by atoms with E-state index in [0.29, 0.717) is 16.8 Å². The van der Waals surface area contributed by atoms with Gasteiger partial charge in [-0.25, -0.2) is 4.98 Å². The first-order chi connectivity index (χ1) is 5.66. The number of rotatable bonds is 2. The number of hydrogen-bond acceptors (Lipinski definition) is 2. The van der Waals surface area contributed by atoms with Crippen LogP contribution in [0.3, 0.4) is 0 Å².